The Morgan fingerprint density at radius 1 is 0.793 bits per heavy atom. The van der Waals surface area contributed by atoms with Crippen LogP contribution in [0.5, 0.6) is 0 Å². The number of carboxylic acids is 2. The normalized spacial score (nSPS) is 22.0. The van der Waals surface area contributed by atoms with E-state index >= 15 is 0 Å². The first-order chi connectivity index (χ1) is 13.6. The van der Waals surface area contributed by atoms with Crippen LogP contribution in [-0.4, -0.2) is 40.6 Å². The summed E-state index contributed by atoms with van der Waals surface area (Å²) in [5.41, 5.74) is 0.603. The van der Waals surface area contributed by atoms with Gasteiger partial charge in [-0.25, -0.2) is 9.59 Å². The summed E-state index contributed by atoms with van der Waals surface area (Å²) in [5.74, 6) is -0.460. The van der Waals surface area contributed by atoms with Gasteiger partial charge in [-0.3, -0.25) is 0 Å². The fraction of sp³-hybridized carbons (Fsp3) is 0.826. The highest BCUT2D eigenvalue weighted by Gasteiger charge is 2.46. The van der Waals surface area contributed by atoms with Crippen molar-refractivity contribution < 1.29 is 29.3 Å². The van der Waals surface area contributed by atoms with Gasteiger partial charge in [0, 0.05) is 0 Å². The zero-order valence-electron chi connectivity index (χ0n) is 18.6. The van der Waals surface area contributed by atoms with Crippen molar-refractivity contribution >= 4 is 11.9 Å². The molecule has 0 spiro atoms. The summed E-state index contributed by atoms with van der Waals surface area (Å²) >= 11 is 0. The number of hydrogen-bond donors (Lipinski definition) is 2. The molecule has 0 amide bonds. The van der Waals surface area contributed by atoms with E-state index in [2.05, 4.69) is 34.3 Å². The molecule has 0 aromatic rings. The van der Waals surface area contributed by atoms with Gasteiger partial charge in [0.1, 0.15) is 0 Å². The van der Waals surface area contributed by atoms with E-state index in [4.69, 9.17) is 19.7 Å². The van der Waals surface area contributed by atoms with Crippen LogP contribution in [0.15, 0.2) is 12.2 Å². The zero-order valence-corrected chi connectivity index (χ0v) is 18.6. The lowest BCUT2D eigenvalue weighted by Crippen LogP contribution is -2.36. The Hall–Kier alpha value is -1.40. The lowest BCUT2D eigenvalue weighted by Gasteiger charge is -2.16. The molecule has 4 atom stereocenters. The maximum atomic E-state index is 11.1. The Bertz CT molecular complexity index is 507. The molecule has 0 bridgehead atoms. The van der Waals surface area contributed by atoms with Crippen molar-refractivity contribution in [3.63, 3.8) is 0 Å². The fourth-order valence-corrected chi connectivity index (χ4v) is 3.78. The van der Waals surface area contributed by atoms with Crippen LogP contribution >= 0.6 is 0 Å². The monoisotopic (exact) mass is 412 g/mol. The van der Waals surface area contributed by atoms with Crippen LogP contribution in [0.4, 0.5) is 0 Å². The van der Waals surface area contributed by atoms with E-state index in [1.54, 1.807) is 0 Å². The molecule has 0 radical (unpaired) electrons. The number of aliphatic carboxylic acids is 2. The van der Waals surface area contributed by atoms with Crippen LogP contribution in [0.1, 0.15) is 85.5 Å². The summed E-state index contributed by atoms with van der Waals surface area (Å²) in [6.07, 6.45) is 6.37. The van der Waals surface area contributed by atoms with E-state index in [-0.39, 0.29) is 0 Å². The Kier molecular flexibility index (Phi) is 11.5. The van der Waals surface area contributed by atoms with Gasteiger partial charge in [-0.2, -0.15) is 0 Å². The molecule has 1 fully saturated rings. The van der Waals surface area contributed by atoms with E-state index in [0.717, 1.165) is 24.7 Å². The van der Waals surface area contributed by atoms with Gasteiger partial charge in [0.2, 0.25) is 0 Å². The lowest BCUT2D eigenvalue weighted by atomic mass is 9.91. The van der Waals surface area contributed by atoms with E-state index in [1.807, 2.05) is 0 Å². The van der Waals surface area contributed by atoms with Crippen LogP contribution in [0, 0.1) is 17.8 Å². The second kappa shape index (κ2) is 13.0. The topological polar surface area (TPSA) is 93.1 Å². The number of carbonyl (C=O) groups is 2. The van der Waals surface area contributed by atoms with Crippen molar-refractivity contribution in [3.8, 4) is 0 Å². The Morgan fingerprint density at radius 3 is 1.62 bits per heavy atom. The first-order valence-electron chi connectivity index (χ1n) is 11.1. The molecule has 0 aromatic carbocycles. The number of hydrogen-bond acceptors (Lipinski definition) is 4. The molecule has 1 aliphatic heterocycles. The molecule has 2 N–H and O–H groups in total. The van der Waals surface area contributed by atoms with E-state index in [9.17, 15) is 9.59 Å². The molecule has 0 aliphatic carbocycles. The maximum absolute atomic E-state index is 11.1. The molecule has 1 saturated heterocycles. The van der Waals surface area contributed by atoms with Crippen molar-refractivity contribution in [1.82, 2.24) is 0 Å². The molecule has 2 unspecified atom stereocenters. The van der Waals surface area contributed by atoms with Gasteiger partial charge in [0.05, 0.1) is 0 Å². The van der Waals surface area contributed by atoms with Gasteiger partial charge in [-0.15, -0.1) is 0 Å². The van der Waals surface area contributed by atoms with Gasteiger partial charge in [0.15, 0.2) is 18.5 Å². The van der Waals surface area contributed by atoms with Crippen LogP contribution in [0.3, 0.4) is 0 Å². The summed E-state index contributed by atoms with van der Waals surface area (Å²) in [6, 6.07) is 0. The van der Waals surface area contributed by atoms with Gasteiger partial charge < -0.3 is 19.7 Å². The number of ether oxygens (including phenoxy) is 2. The average Bonchev–Trinajstić information content (AvgIpc) is 3.07. The lowest BCUT2D eigenvalue weighted by molar-refractivity contribution is -0.156. The summed E-state index contributed by atoms with van der Waals surface area (Å²) in [4.78, 5) is 22.3. The van der Waals surface area contributed by atoms with Crippen molar-refractivity contribution in [2.45, 2.75) is 104 Å². The highest BCUT2D eigenvalue weighted by Crippen LogP contribution is 2.28. The summed E-state index contributed by atoms with van der Waals surface area (Å²) in [7, 11) is 0. The third kappa shape index (κ3) is 9.77. The Labute approximate surface area is 175 Å². The number of rotatable bonds is 15. The molecule has 1 aliphatic rings. The summed E-state index contributed by atoms with van der Waals surface area (Å²) in [6.45, 7) is 13.1. The van der Waals surface area contributed by atoms with Crippen LogP contribution in [0.2, 0.25) is 0 Å². The molecule has 1 heterocycles. The molecular formula is C23H40O6. The Balaban J connectivity index is 2.20. The quantitative estimate of drug-likeness (QED) is 0.356. The zero-order chi connectivity index (χ0) is 22.0. The smallest absolute Gasteiger partial charge is 0.336 e. The van der Waals surface area contributed by atoms with Crippen LogP contribution in [0.25, 0.3) is 0 Å². The van der Waals surface area contributed by atoms with E-state index in [0.29, 0.717) is 17.9 Å². The minimum Gasteiger partial charge on any atom is -0.479 e. The molecule has 0 aromatic heterocycles. The maximum Gasteiger partial charge on any atom is 0.336 e. The van der Waals surface area contributed by atoms with Crippen molar-refractivity contribution in [1.29, 1.82) is 0 Å². The first kappa shape index (κ1) is 25.6. The highest BCUT2D eigenvalue weighted by atomic mass is 16.7. The SMILES string of the molecule is C=C(CCCC(C)CCCC(C)CCCC(C)C)C1O[C@H](C(=O)O)[C@@H](C(=O)O)O1. The molecular weight excluding hydrogens is 372 g/mol. The van der Waals surface area contributed by atoms with Crippen LogP contribution in [-0.2, 0) is 19.1 Å². The molecule has 168 valence electrons. The van der Waals surface area contributed by atoms with Crippen LogP contribution < -0.4 is 0 Å². The average molecular weight is 413 g/mol. The third-order valence-corrected chi connectivity index (χ3v) is 5.70. The summed E-state index contributed by atoms with van der Waals surface area (Å²) < 4.78 is 10.5. The molecule has 29 heavy (non-hydrogen) atoms. The van der Waals surface area contributed by atoms with Crippen molar-refractivity contribution in [2.75, 3.05) is 0 Å². The largest absolute Gasteiger partial charge is 0.479 e. The highest BCUT2D eigenvalue weighted by molar-refractivity contribution is 5.84. The van der Waals surface area contributed by atoms with Gasteiger partial charge >= 0.3 is 11.9 Å². The fourth-order valence-electron chi connectivity index (χ4n) is 3.78. The van der Waals surface area contributed by atoms with E-state index in [1.165, 1.54) is 38.5 Å². The Morgan fingerprint density at radius 2 is 1.21 bits per heavy atom. The minimum atomic E-state index is -1.49. The summed E-state index contributed by atoms with van der Waals surface area (Å²) in [5, 5.41) is 18.2. The predicted molar refractivity (Wildman–Crippen MR) is 113 cm³/mol. The molecule has 0 saturated carbocycles. The molecule has 6 heteroatoms. The molecule has 1 rings (SSSR count). The first-order valence-corrected chi connectivity index (χ1v) is 11.1. The second-order valence-electron chi connectivity index (χ2n) is 9.14. The molecule has 6 nitrogen and oxygen atoms in total. The van der Waals surface area contributed by atoms with Gasteiger partial charge in [-0.05, 0) is 36.2 Å². The van der Waals surface area contributed by atoms with Crippen molar-refractivity contribution in [3.05, 3.63) is 12.2 Å². The number of carboxylic acid groups (broad SMARTS) is 2. The van der Waals surface area contributed by atoms with Gasteiger partial charge in [-0.1, -0.05) is 79.2 Å². The standard InChI is InChI=1S/C23H40O6/c1-15(2)9-6-10-16(3)11-7-12-17(4)13-8-14-18(5)23-28-19(21(24)25)20(29-23)22(26)27/h15-17,19-20,23H,5-14H2,1-4H3,(H,24,25)(H,26,27)/t16?,17?,19-,20-/m0/s1. The third-order valence-electron chi connectivity index (χ3n) is 5.70. The predicted octanol–water partition coefficient (Wildman–Crippen LogP) is 5.26. The van der Waals surface area contributed by atoms with Crippen molar-refractivity contribution in [2.24, 2.45) is 17.8 Å². The minimum absolute atomic E-state index is 0.603. The van der Waals surface area contributed by atoms with Gasteiger partial charge in [0.25, 0.3) is 0 Å². The second-order valence-corrected chi connectivity index (χ2v) is 9.14. The van der Waals surface area contributed by atoms with E-state index < -0.39 is 30.4 Å².